The normalized spacial score (nSPS) is 11.5. The molecule has 1 amide bonds. The summed E-state index contributed by atoms with van der Waals surface area (Å²) in [5, 5.41) is 11.2. The van der Waals surface area contributed by atoms with Gasteiger partial charge in [-0.1, -0.05) is 90.4 Å². The van der Waals surface area contributed by atoms with E-state index < -0.39 is 5.97 Å². The predicted molar refractivity (Wildman–Crippen MR) is 235 cm³/mol. The van der Waals surface area contributed by atoms with Crippen LogP contribution in [0.4, 0.5) is 0 Å². The Hall–Kier alpha value is -1.54. The van der Waals surface area contributed by atoms with Crippen LogP contribution in [0, 0.1) is 0 Å². The van der Waals surface area contributed by atoms with Gasteiger partial charge in [-0.3, -0.25) is 9.59 Å². The van der Waals surface area contributed by atoms with Crippen molar-refractivity contribution >= 4 is 11.9 Å². The molecule has 2 N–H and O–H groups in total. The zero-order valence-corrected chi connectivity index (χ0v) is 38.4. The largest absolute Gasteiger partial charge is 0.481 e. The van der Waals surface area contributed by atoms with Crippen molar-refractivity contribution in [2.24, 2.45) is 0 Å². The summed E-state index contributed by atoms with van der Waals surface area (Å²) < 4.78 is 66.2. The van der Waals surface area contributed by atoms with Crippen LogP contribution in [0.25, 0.3) is 0 Å². The fourth-order valence-electron chi connectivity index (χ4n) is 5.63. The third-order valence-electron chi connectivity index (χ3n) is 9.09. The minimum Gasteiger partial charge on any atom is -0.481 e. The van der Waals surface area contributed by atoms with E-state index in [9.17, 15) is 9.59 Å². The first kappa shape index (κ1) is 59.5. The summed E-state index contributed by atoms with van der Waals surface area (Å²) in [5.41, 5.74) is 0. The number of aliphatic carboxylic acids is 1. The van der Waals surface area contributed by atoms with E-state index >= 15 is 0 Å². The van der Waals surface area contributed by atoms with E-state index in [2.05, 4.69) is 12.2 Å². The molecule has 16 nitrogen and oxygen atoms in total. The second-order valence-corrected chi connectivity index (χ2v) is 14.5. The number of amides is 1. The maximum atomic E-state index is 11.4. The molecule has 0 radical (unpaired) electrons. The van der Waals surface area contributed by atoms with Crippen molar-refractivity contribution in [2.75, 3.05) is 165 Å². The Bertz CT molecular complexity index is 861. The Balaban J connectivity index is 3.08. The van der Waals surface area contributed by atoms with Crippen LogP contribution in [0.1, 0.15) is 116 Å². The molecular weight excluding hydrogens is 794 g/mol. The molecule has 0 fully saturated rings. The van der Waals surface area contributed by atoms with Gasteiger partial charge in [0.2, 0.25) is 5.91 Å². The summed E-state index contributed by atoms with van der Waals surface area (Å²) in [6.07, 6.45) is 19.6. The Morgan fingerprint density at radius 2 is 0.541 bits per heavy atom. The number of carbonyl (C=O) groups excluding carboxylic acids is 1. The SMILES string of the molecule is CCCCCCCCCCCCCCCCOCCOCCOCCOCCOCCOCCOCCOCCOCCOCCOCCOCCCNC(=O)CCC(=O)O. The fraction of sp³-hybridized carbons (Fsp3) is 0.956. The Morgan fingerprint density at radius 3 is 0.803 bits per heavy atom. The molecule has 0 saturated heterocycles. The summed E-state index contributed by atoms with van der Waals surface area (Å²) in [6, 6.07) is 0. The number of nitrogens with one attached hydrogen (secondary N) is 1. The number of ether oxygens (including phenoxy) is 12. The van der Waals surface area contributed by atoms with Crippen molar-refractivity contribution in [1.82, 2.24) is 5.32 Å². The van der Waals surface area contributed by atoms with Gasteiger partial charge in [-0.15, -0.1) is 0 Å². The van der Waals surface area contributed by atoms with Crippen LogP contribution in [0.15, 0.2) is 0 Å². The zero-order chi connectivity index (χ0) is 44.0. The number of carbonyl (C=O) groups is 2. The number of carboxylic acids is 1. The quantitative estimate of drug-likeness (QED) is 0.0676. The lowest BCUT2D eigenvalue weighted by Crippen LogP contribution is -2.25. The molecule has 0 aromatic heterocycles. The van der Waals surface area contributed by atoms with Gasteiger partial charge in [0.25, 0.3) is 0 Å². The van der Waals surface area contributed by atoms with Gasteiger partial charge in [-0.2, -0.15) is 0 Å². The molecule has 0 bridgehead atoms. The van der Waals surface area contributed by atoms with Crippen LogP contribution in [-0.2, 0) is 66.4 Å². The van der Waals surface area contributed by atoms with Crippen LogP contribution in [0.5, 0.6) is 0 Å². The number of hydrogen-bond donors (Lipinski definition) is 2. The molecule has 0 aliphatic carbocycles. The summed E-state index contributed by atoms with van der Waals surface area (Å²) in [6.45, 7) is 15.2. The van der Waals surface area contributed by atoms with Gasteiger partial charge in [0.15, 0.2) is 0 Å². The van der Waals surface area contributed by atoms with Crippen molar-refractivity contribution in [2.45, 2.75) is 116 Å². The second-order valence-electron chi connectivity index (χ2n) is 14.5. The number of hydrogen-bond acceptors (Lipinski definition) is 14. The maximum Gasteiger partial charge on any atom is 0.303 e. The Labute approximate surface area is 369 Å². The van der Waals surface area contributed by atoms with Crippen molar-refractivity contribution < 1.29 is 71.5 Å². The molecule has 0 aromatic rings. The molecule has 0 rings (SSSR count). The topological polar surface area (TPSA) is 177 Å². The third kappa shape index (κ3) is 56.4. The molecule has 0 aliphatic rings. The summed E-state index contributed by atoms with van der Waals surface area (Å²) in [7, 11) is 0. The van der Waals surface area contributed by atoms with Gasteiger partial charge in [0.05, 0.1) is 152 Å². The van der Waals surface area contributed by atoms with Crippen molar-refractivity contribution in [3.05, 3.63) is 0 Å². The van der Waals surface area contributed by atoms with E-state index in [1.165, 1.54) is 83.5 Å². The average Bonchev–Trinajstić information content (AvgIpc) is 3.26. The highest BCUT2D eigenvalue weighted by atomic mass is 16.6. The number of carboxylic acid groups (broad SMARTS) is 1. The standard InChI is InChI=1S/C45H89NO15/c1-2-3-4-5-6-7-8-9-10-11-12-13-14-15-20-50-22-24-52-26-28-54-30-32-56-34-36-58-38-40-60-42-43-61-41-39-59-37-35-57-33-31-55-29-27-53-25-23-51-21-16-19-46-44(47)17-18-45(48)49/h2-43H2,1H3,(H,46,47)(H,48,49). The molecule has 0 aliphatic heterocycles. The van der Waals surface area contributed by atoms with Crippen molar-refractivity contribution in [3.8, 4) is 0 Å². The second kappa shape index (κ2) is 54.6. The van der Waals surface area contributed by atoms with Crippen molar-refractivity contribution in [3.63, 3.8) is 0 Å². The van der Waals surface area contributed by atoms with Crippen LogP contribution in [-0.4, -0.2) is 182 Å². The number of unbranched alkanes of at least 4 members (excludes halogenated alkanes) is 13. The molecule has 16 heteroatoms. The lowest BCUT2D eigenvalue weighted by atomic mass is 10.0. The van der Waals surface area contributed by atoms with Crippen molar-refractivity contribution in [1.29, 1.82) is 0 Å². The van der Waals surface area contributed by atoms with Gasteiger partial charge in [0, 0.05) is 26.2 Å². The predicted octanol–water partition coefficient (Wildman–Crippen LogP) is 6.04. The van der Waals surface area contributed by atoms with Gasteiger partial charge < -0.3 is 67.3 Å². The fourth-order valence-corrected chi connectivity index (χ4v) is 5.63. The first-order valence-corrected chi connectivity index (χ1v) is 23.6. The van der Waals surface area contributed by atoms with Crippen LogP contribution < -0.4 is 5.32 Å². The van der Waals surface area contributed by atoms with Gasteiger partial charge >= 0.3 is 5.97 Å². The molecule has 364 valence electrons. The molecule has 0 atom stereocenters. The first-order chi connectivity index (χ1) is 30.2. The Morgan fingerprint density at radius 1 is 0.311 bits per heavy atom. The smallest absolute Gasteiger partial charge is 0.303 e. The minimum absolute atomic E-state index is 0.00998. The molecular formula is C45H89NO15. The lowest BCUT2D eigenvalue weighted by Gasteiger charge is -2.09. The van der Waals surface area contributed by atoms with E-state index in [-0.39, 0.29) is 18.7 Å². The highest BCUT2D eigenvalue weighted by molar-refractivity contribution is 5.80. The third-order valence-corrected chi connectivity index (χ3v) is 9.09. The van der Waals surface area contributed by atoms with E-state index in [0.717, 1.165) is 13.0 Å². The minimum atomic E-state index is -0.982. The highest BCUT2D eigenvalue weighted by Crippen LogP contribution is 2.13. The monoisotopic (exact) mass is 884 g/mol. The highest BCUT2D eigenvalue weighted by Gasteiger charge is 2.04. The van der Waals surface area contributed by atoms with E-state index in [4.69, 9.17) is 61.9 Å². The van der Waals surface area contributed by atoms with Crippen LogP contribution in [0.2, 0.25) is 0 Å². The van der Waals surface area contributed by atoms with Gasteiger partial charge in [0.1, 0.15) is 0 Å². The molecule has 0 saturated carbocycles. The van der Waals surface area contributed by atoms with Crippen LogP contribution >= 0.6 is 0 Å². The molecule has 0 heterocycles. The maximum absolute atomic E-state index is 11.4. The van der Waals surface area contributed by atoms with E-state index in [0.29, 0.717) is 165 Å². The summed E-state index contributed by atoms with van der Waals surface area (Å²) in [5.74, 6) is -1.25. The summed E-state index contributed by atoms with van der Waals surface area (Å²) in [4.78, 5) is 21.8. The van der Waals surface area contributed by atoms with Gasteiger partial charge in [-0.25, -0.2) is 0 Å². The van der Waals surface area contributed by atoms with E-state index in [1.54, 1.807) is 0 Å². The number of rotatable bonds is 55. The molecule has 0 aromatic carbocycles. The van der Waals surface area contributed by atoms with Gasteiger partial charge in [-0.05, 0) is 12.8 Å². The van der Waals surface area contributed by atoms with Crippen LogP contribution in [0.3, 0.4) is 0 Å². The molecule has 61 heavy (non-hydrogen) atoms. The lowest BCUT2D eigenvalue weighted by molar-refractivity contribution is -0.138. The average molecular weight is 884 g/mol. The Kier molecular flexibility index (Phi) is 53.2. The van der Waals surface area contributed by atoms with E-state index in [1.807, 2.05) is 0 Å². The summed E-state index contributed by atoms with van der Waals surface area (Å²) >= 11 is 0. The molecule has 0 unspecified atom stereocenters. The zero-order valence-electron chi connectivity index (χ0n) is 38.4. The first-order valence-electron chi connectivity index (χ1n) is 23.6. The molecule has 0 spiro atoms.